The molecule has 1 nitrogen and oxygen atoms in total. The summed E-state index contributed by atoms with van der Waals surface area (Å²) in [6.45, 7) is 6.86. The third-order valence-corrected chi connectivity index (χ3v) is 4.34. The van der Waals surface area contributed by atoms with E-state index in [9.17, 15) is 0 Å². The van der Waals surface area contributed by atoms with Crippen LogP contribution in [0.4, 0.5) is 11.4 Å². The third-order valence-electron chi connectivity index (χ3n) is 3.20. The van der Waals surface area contributed by atoms with Gasteiger partial charge in [-0.15, -0.1) is 0 Å². The molecule has 0 fully saturated rings. The normalized spacial score (nSPS) is 13.4. The molecule has 0 saturated carbocycles. The molecule has 0 bridgehead atoms. The first-order chi connectivity index (χ1) is 9.03. The highest BCUT2D eigenvalue weighted by atomic mass is 32.2. The average Bonchev–Trinajstić information content (AvgIpc) is 2.35. The van der Waals surface area contributed by atoms with E-state index < -0.39 is 0 Å². The van der Waals surface area contributed by atoms with Gasteiger partial charge in [0, 0.05) is 9.79 Å². The van der Waals surface area contributed by atoms with Gasteiger partial charge < -0.3 is 5.32 Å². The average molecular weight is 269 g/mol. The van der Waals surface area contributed by atoms with Crippen molar-refractivity contribution in [1.82, 2.24) is 0 Å². The van der Waals surface area contributed by atoms with E-state index in [1.165, 1.54) is 26.7 Å². The van der Waals surface area contributed by atoms with Gasteiger partial charge in [0.1, 0.15) is 0 Å². The number of rotatable bonds is 1. The monoisotopic (exact) mass is 269 g/mol. The van der Waals surface area contributed by atoms with E-state index in [2.05, 4.69) is 68.6 Å². The maximum absolute atomic E-state index is 3.61. The van der Waals surface area contributed by atoms with Gasteiger partial charge in [-0.25, -0.2) is 0 Å². The lowest BCUT2D eigenvalue weighted by atomic mass is 9.87. The van der Waals surface area contributed by atoms with Gasteiger partial charge in [0.2, 0.25) is 0 Å². The molecular weight excluding hydrogens is 250 g/mol. The van der Waals surface area contributed by atoms with Crippen molar-refractivity contribution in [2.24, 2.45) is 5.41 Å². The number of hydrogen-bond donors (Lipinski definition) is 1. The lowest BCUT2D eigenvalue weighted by Crippen LogP contribution is -2.12. The lowest BCUT2D eigenvalue weighted by molar-refractivity contribution is 0.411. The van der Waals surface area contributed by atoms with Crippen molar-refractivity contribution in [3.05, 3.63) is 48.0 Å². The SMILES string of the molecule is CC(C)(C)Cc1cccc2c1Nc1ccccc1S2. The molecule has 0 aromatic heterocycles. The topological polar surface area (TPSA) is 12.0 Å². The highest BCUT2D eigenvalue weighted by Crippen LogP contribution is 2.46. The fraction of sp³-hybridized carbons (Fsp3) is 0.294. The van der Waals surface area contributed by atoms with Gasteiger partial charge in [0.15, 0.2) is 0 Å². The summed E-state index contributed by atoms with van der Waals surface area (Å²) in [6, 6.07) is 15.1. The third kappa shape index (κ3) is 2.64. The Kier molecular flexibility index (Phi) is 3.06. The second kappa shape index (κ2) is 4.61. The van der Waals surface area contributed by atoms with Crippen LogP contribution >= 0.6 is 11.8 Å². The fourth-order valence-electron chi connectivity index (χ4n) is 2.43. The molecule has 1 aliphatic heterocycles. The van der Waals surface area contributed by atoms with E-state index in [-0.39, 0.29) is 0 Å². The molecule has 19 heavy (non-hydrogen) atoms. The van der Waals surface area contributed by atoms with Crippen LogP contribution in [-0.2, 0) is 6.42 Å². The van der Waals surface area contributed by atoms with Crippen LogP contribution in [-0.4, -0.2) is 0 Å². The van der Waals surface area contributed by atoms with Crippen molar-refractivity contribution in [2.75, 3.05) is 5.32 Å². The number of hydrogen-bond acceptors (Lipinski definition) is 2. The standard InChI is InChI=1S/C17H19NS/c1-17(2,3)11-12-7-6-10-15-16(12)18-13-8-4-5-9-14(13)19-15/h4-10,18H,11H2,1-3H3. The first-order valence-corrected chi connectivity index (χ1v) is 7.50. The van der Waals surface area contributed by atoms with Crippen molar-refractivity contribution in [2.45, 2.75) is 37.0 Å². The van der Waals surface area contributed by atoms with Crippen LogP contribution in [0.1, 0.15) is 26.3 Å². The second-order valence-electron chi connectivity index (χ2n) is 6.25. The van der Waals surface area contributed by atoms with Crippen molar-refractivity contribution in [3.63, 3.8) is 0 Å². The summed E-state index contributed by atoms with van der Waals surface area (Å²) < 4.78 is 0. The predicted octanol–water partition coefficient (Wildman–Crippen LogP) is 5.48. The van der Waals surface area contributed by atoms with Crippen molar-refractivity contribution < 1.29 is 0 Å². The first-order valence-electron chi connectivity index (χ1n) is 6.69. The van der Waals surface area contributed by atoms with E-state index in [1.807, 2.05) is 11.8 Å². The molecule has 0 saturated heterocycles. The molecule has 0 spiro atoms. The quantitative estimate of drug-likeness (QED) is 0.627. The molecule has 2 aromatic rings. The maximum atomic E-state index is 3.61. The molecule has 3 rings (SSSR count). The van der Waals surface area contributed by atoms with E-state index in [0.717, 1.165) is 6.42 Å². The zero-order valence-corrected chi connectivity index (χ0v) is 12.5. The summed E-state index contributed by atoms with van der Waals surface area (Å²) in [5, 5.41) is 3.61. The summed E-state index contributed by atoms with van der Waals surface area (Å²) in [6.07, 6.45) is 1.09. The van der Waals surface area contributed by atoms with E-state index in [1.54, 1.807) is 0 Å². The highest BCUT2D eigenvalue weighted by molar-refractivity contribution is 7.99. The molecule has 2 heteroatoms. The van der Waals surface area contributed by atoms with Crippen molar-refractivity contribution in [3.8, 4) is 0 Å². The van der Waals surface area contributed by atoms with Crippen LogP contribution < -0.4 is 5.32 Å². The summed E-state index contributed by atoms with van der Waals surface area (Å²) >= 11 is 1.86. The minimum atomic E-state index is 0.304. The van der Waals surface area contributed by atoms with Gasteiger partial charge in [0.05, 0.1) is 11.4 Å². The van der Waals surface area contributed by atoms with Crippen LogP contribution in [0.2, 0.25) is 0 Å². The maximum Gasteiger partial charge on any atom is 0.0559 e. The van der Waals surface area contributed by atoms with Crippen molar-refractivity contribution in [1.29, 1.82) is 0 Å². The van der Waals surface area contributed by atoms with Crippen molar-refractivity contribution >= 4 is 23.1 Å². The smallest absolute Gasteiger partial charge is 0.0559 e. The Balaban J connectivity index is 2.01. The number of para-hydroxylation sites is 2. The van der Waals surface area contributed by atoms with Gasteiger partial charge >= 0.3 is 0 Å². The molecule has 0 aliphatic carbocycles. The van der Waals surface area contributed by atoms with Crippen LogP contribution in [0.25, 0.3) is 0 Å². The summed E-state index contributed by atoms with van der Waals surface area (Å²) in [5.74, 6) is 0. The molecule has 98 valence electrons. The number of nitrogens with one attached hydrogen (secondary N) is 1. The molecule has 1 aliphatic rings. The minimum Gasteiger partial charge on any atom is -0.353 e. The number of benzene rings is 2. The van der Waals surface area contributed by atoms with Gasteiger partial charge in [-0.05, 0) is 35.6 Å². The number of fused-ring (bicyclic) bond motifs is 2. The van der Waals surface area contributed by atoms with Gasteiger partial charge in [-0.2, -0.15) is 0 Å². The molecule has 0 radical (unpaired) electrons. The Bertz CT molecular complexity index is 611. The summed E-state index contributed by atoms with van der Waals surface area (Å²) in [7, 11) is 0. The molecule has 2 aromatic carbocycles. The first kappa shape index (κ1) is 12.6. The summed E-state index contributed by atoms with van der Waals surface area (Å²) in [4.78, 5) is 2.64. The zero-order chi connectivity index (χ0) is 13.5. The van der Waals surface area contributed by atoms with Crippen LogP contribution in [0.15, 0.2) is 52.3 Å². The lowest BCUT2D eigenvalue weighted by Gasteiger charge is -2.26. The predicted molar refractivity (Wildman–Crippen MR) is 83.4 cm³/mol. The summed E-state index contributed by atoms with van der Waals surface area (Å²) in [5.41, 5.74) is 4.23. The Morgan fingerprint density at radius 2 is 1.68 bits per heavy atom. The Morgan fingerprint density at radius 1 is 0.947 bits per heavy atom. The number of anilines is 2. The molecule has 0 atom stereocenters. The van der Waals surface area contributed by atoms with Gasteiger partial charge in [0.25, 0.3) is 0 Å². The highest BCUT2D eigenvalue weighted by Gasteiger charge is 2.20. The van der Waals surface area contributed by atoms with E-state index in [0.29, 0.717) is 5.41 Å². The minimum absolute atomic E-state index is 0.304. The van der Waals surface area contributed by atoms with Crippen LogP contribution in [0.3, 0.4) is 0 Å². The largest absolute Gasteiger partial charge is 0.353 e. The van der Waals surface area contributed by atoms with E-state index >= 15 is 0 Å². The molecule has 0 unspecified atom stereocenters. The Morgan fingerprint density at radius 3 is 2.47 bits per heavy atom. The zero-order valence-electron chi connectivity index (χ0n) is 11.7. The van der Waals surface area contributed by atoms with Gasteiger partial charge in [-0.3, -0.25) is 0 Å². The van der Waals surface area contributed by atoms with Crippen LogP contribution in [0.5, 0.6) is 0 Å². The second-order valence-corrected chi connectivity index (χ2v) is 7.33. The van der Waals surface area contributed by atoms with E-state index in [4.69, 9.17) is 0 Å². The van der Waals surface area contributed by atoms with Crippen LogP contribution in [0, 0.1) is 5.41 Å². The molecule has 0 amide bonds. The fourth-order valence-corrected chi connectivity index (χ4v) is 3.48. The Hall–Kier alpha value is -1.41. The molecule has 1 N–H and O–H groups in total. The molecule has 1 heterocycles. The molecular formula is C17H19NS. The Labute approximate surface area is 119 Å². The van der Waals surface area contributed by atoms with Gasteiger partial charge in [-0.1, -0.05) is 56.8 Å².